The molecule has 0 bridgehead atoms. The van der Waals surface area contributed by atoms with Crippen molar-refractivity contribution in [1.29, 1.82) is 0 Å². The molecule has 0 atom stereocenters. The molecule has 23 heavy (non-hydrogen) atoms. The first kappa shape index (κ1) is 15.7. The zero-order chi connectivity index (χ0) is 16.1. The van der Waals surface area contributed by atoms with Crippen molar-refractivity contribution in [2.45, 2.75) is 13.2 Å². The molecule has 0 spiro atoms. The summed E-state index contributed by atoms with van der Waals surface area (Å²) >= 11 is 0. The van der Waals surface area contributed by atoms with E-state index in [0.717, 1.165) is 44.1 Å². The maximum absolute atomic E-state index is 12.1. The van der Waals surface area contributed by atoms with Crippen LogP contribution in [-0.2, 0) is 6.54 Å². The Kier molecular flexibility index (Phi) is 5.02. The third kappa shape index (κ3) is 4.39. The number of pyridine rings is 1. The van der Waals surface area contributed by atoms with E-state index in [1.54, 1.807) is 12.1 Å². The van der Waals surface area contributed by atoms with E-state index in [-0.39, 0.29) is 5.75 Å². The predicted octanol–water partition coefficient (Wildman–Crippen LogP) is 3.01. The van der Waals surface area contributed by atoms with Crippen molar-refractivity contribution < 1.29 is 13.5 Å². The van der Waals surface area contributed by atoms with Gasteiger partial charge in [-0.2, -0.15) is 8.78 Å². The molecule has 1 aliphatic heterocycles. The molecule has 4 nitrogen and oxygen atoms in total. The fourth-order valence-corrected chi connectivity index (χ4v) is 2.71. The van der Waals surface area contributed by atoms with E-state index >= 15 is 0 Å². The molecular weight excluding hydrogens is 300 g/mol. The zero-order valence-corrected chi connectivity index (χ0v) is 12.7. The quantitative estimate of drug-likeness (QED) is 0.847. The lowest BCUT2D eigenvalue weighted by Gasteiger charge is -2.35. The summed E-state index contributed by atoms with van der Waals surface area (Å²) in [6, 6.07) is 12.8. The van der Waals surface area contributed by atoms with Crippen molar-refractivity contribution in [2.75, 3.05) is 31.1 Å². The monoisotopic (exact) mass is 319 g/mol. The van der Waals surface area contributed by atoms with Crippen molar-refractivity contribution in [1.82, 2.24) is 9.88 Å². The van der Waals surface area contributed by atoms with Crippen LogP contribution in [0.5, 0.6) is 5.75 Å². The Balaban J connectivity index is 1.50. The third-order valence-corrected chi connectivity index (χ3v) is 3.90. The Bertz CT molecular complexity index is 599. The van der Waals surface area contributed by atoms with Gasteiger partial charge in [-0.15, -0.1) is 0 Å². The number of halogens is 2. The molecule has 1 saturated heterocycles. The number of hydrogen-bond acceptors (Lipinski definition) is 4. The number of rotatable bonds is 5. The smallest absolute Gasteiger partial charge is 0.387 e. The first-order valence-corrected chi connectivity index (χ1v) is 7.63. The number of ether oxygens (including phenoxy) is 1. The normalized spacial score (nSPS) is 15.9. The molecule has 1 aromatic carbocycles. The van der Waals surface area contributed by atoms with Crippen LogP contribution in [0.1, 0.15) is 5.56 Å². The number of aromatic nitrogens is 1. The van der Waals surface area contributed by atoms with E-state index in [1.807, 2.05) is 36.5 Å². The molecule has 0 radical (unpaired) electrons. The average molecular weight is 319 g/mol. The first-order valence-electron chi connectivity index (χ1n) is 7.63. The van der Waals surface area contributed by atoms with Gasteiger partial charge in [0.05, 0.1) is 0 Å². The lowest BCUT2D eigenvalue weighted by molar-refractivity contribution is -0.0498. The standard InChI is InChI=1S/C17H19F2N3O/c18-17(19)23-15-6-4-14(5-7-15)13-21-9-11-22(12-10-21)16-3-1-2-8-20-16/h1-8,17H,9-13H2. The molecule has 122 valence electrons. The number of piperazine rings is 1. The zero-order valence-electron chi connectivity index (χ0n) is 12.7. The minimum Gasteiger partial charge on any atom is -0.435 e. The Labute approximate surface area is 134 Å². The summed E-state index contributed by atoms with van der Waals surface area (Å²) in [5, 5.41) is 0. The molecule has 0 N–H and O–H groups in total. The summed E-state index contributed by atoms with van der Waals surface area (Å²) in [6.45, 7) is 1.80. The van der Waals surface area contributed by atoms with E-state index in [0.29, 0.717) is 0 Å². The Morgan fingerprint density at radius 3 is 2.35 bits per heavy atom. The van der Waals surface area contributed by atoms with Crippen LogP contribution in [0.25, 0.3) is 0 Å². The van der Waals surface area contributed by atoms with Crippen LogP contribution in [0.4, 0.5) is 14.6 Å². The van der Waals surface area contributed by atoms with Crippen molar-refractivity contribution in [3.8, 4) is 5.75 Å². The summed E-state index contributed by atoms with van der Waals surface area (Å²) in [7, 11) is 0. The maximum Gasteiger partial charge on any atom is 0.387 e. The number of alkyl halides is 2. The van der Waals surface area contributed by atoms with Crippen LogP contribution in [0, 0.1) is 0 Å². The van der Waals surface area contributed by atoms with Crippen molar-refractivity contribution in [2.24, 2.45) is 0 Å². The fraction of sp³-hybridized carbons (Fsp3) is 0.353. The molecule has 1 aromatic heterocycles. The van der Waals surface area contributed by atoms with Crippen molar-refractivity contribution >= 4 is 5.82 Å². The lowest BCUT2D eigenvalue weighted by atomic mass is 10.2. The van der Waals surface area contributed by atoms with E-state index < -0.39 is 6.61 Å². The van der Waals surface area contributed by atoms with Gasteiger partial charge < -0.3 is 9.64 Å². The van der Waals surface area contributed by atoms with Crippen molar-refractivity contribution in [3.63, 3.8) is 0 Å². The van der Waals surface area contributed by atoms with E-state index in [4.69, 9.17) is 0 Å². The molecule has 1 aliphatic rings. The topological polar surface area (TPSA) is 28.6 Å². The van der Waals surface area contributed by atoms with Gasteiger partial charge in [0.25, 0.3) is 0 Å². The highest BCUT2D eigenvalue weighted by Crippen LogP contribution is 2.18. The molecule has 2 heterocycles. The van der Waals surface area contributed by atoms with Gasteiger partial charge in [0.2, 0.25) is 0 Å². The van der Waals surface area contributed by atoms with Gasteiger partial charge in [-0.25, -0.2) is 4.98 Å². The van der Waals surface area contributed by atoms with Crippen LogP contribution in [-0.4, -0.2) is 42.7 Å². The van der Waals surface area contributed by atoms with E-state index in [1.165, 1.54) is 0 Å². The largest absolute Gasteiger partial charge is 0.435 e. The second-order valence-corrected chi connectivity index (χ2v) is 5.47. The Morgan fingerprint density at radius 2 is 1.74 bits per heavy atom. The summed E-state index contributed by atoms with van der Waals surface area (Å²) < 4.78 is 28.6. The third-order valence-electron chi connectivity index (χ3n) is 3.90. The van der Waals surface area contributed by atoms with Gasteiger partial charge >= 0.3 is 6.61 Å². The second-order valence-electron chi connectivity index (χ2n) is 5.47. The molecule has 1 fully saturated rings. The number of benzene rings is 1. The number of nitrogens with zero attached hydrogens (tertiary/aromatic N) is 3. The first-order chi connectivity index (χ1) is 11.2. The highest BCUT2D eigenvalue weighted by atomic mass is 19.3. The van der Waals surface area contributed by atoms with Crippen LogP contribution < -0.4 is 9.64 Å². The van der Waals surface area contributed by atoms with Gasteiger partial charge in [0, 0.05) is 38.9 Å². The highest BCUT2D eigenvalue weighted by molar-refractivity contribution is 5.38. The summed E-state index contributed by atoms with van der Waals surface area (Å²) in [6.07, 6.45) is 1.81. The number of anilines is 1. The van der Waals surface area contributed by atoms with Crippen LogP contribution >= 0.6 is 0 Å². The predicted molar refractivity (Wildman–Crippen MR) is 84.8 cm³/mol. The molecule has 2 aromatic rings. The highest BCUT2D eigenvalue weighted by Gasteiger charge is 2.17. The second kappa shape index (κ2) is 7.37. The van der Waals surface area contributed by atoms with Gasteiger partial charge in [0.15, 0.2) is 0 Å². The maximum atomic E-state index is 12.1. The van der Waals surface area contributed by atoms with Crippen molar-refractivity contribution in [3.05, 3.63) is 54.2 Å². The molecule has 6 heteroatoms. The van der Waals surface area contributed by atoms with Gasteiger partial charge in [-0.1, -0.05) is 18.2 Å². The number of hydrogen-bond donors (Lipinski definition) is 0. The van der Waals surface area contributed by atoms with Gasteiger partial charge in [-0.3, -0.25) is 4.90 Å². The molecular formula is C17H19F2N3O. The molecule has 0 amide bonds. The lowest BCUT2D eigenvalue weighted by Crippen LogP contribution is -2.46. The van der Waals surface area contributed by atoms with E-state index in [2.05, 4.69) is 19.5 Å². The van der Waals surface area contributed by atoms with Gasteiger partial charge in [-0.05, 0) is 29.8 Å². The Morgan fingerprint density at radius 1 is 1.00 bits per heavy atom. The van der Waals surface area contributed by atoms with Crippen LogP contribution in [0.2, 0.25) is 0 Å². The molecule has 3 rings (SSSR count). The SMILES string of the molecule is FC(F)Oc1ccc(CN2CCN(c3ccccn3)CC2)cc1. The minimum absolute atomic E-state index is 0.198. The van der Waals surface area contributed by atoms with E-state index in [9.17, 15) is 8.78 Å². The van der Waals surface area contributed by atoms with Crippen LogP contribution in [0.3, 0.4) is 0 Å². The summed E-state index contributed by atoms with van der Waals surface area (Å²) in [4.78, 5) is 9.00. The molecule has 0 saturated carbocycles. The summed E-state index contributed by atoms with van der Waals surface area (Å²) in [5.41, 5.74) is 1.10. The minimum atomic E-state index is -2.78. The van der Waals surface area contributed by atoms with Crippen LogP contribution in [0.15, 0.2) is 48.7 Å². The van der Waals surface area contributed by atoms with Gasteiger partial charge in [0.1, 0.15) is 11.6 Å². The average Bonchev–Trinajstić information content (AvgIpc) is 2.58. The molecule has 0 aliphatic carbocycles. The fourth-order valence-electron chi connectivity index (χ4n) is 2.71. The molecule has 0 unspecified atom stereocenters. The Hall–Kier alpha value is -2.21. The summed E-state index contributed by atoms with van der Waals surface area (Å²) in [5.74, 6) is 1.21.